The van der Waals surface area contributed by atoms with Gasteiger partial charge in [0.25, 0.3) is 0 Å². The van der Waals surface area contributed by atoms with Gasteiger partial charge in [-0.1, -0.05) is 12.1 Å². The van der Waals surface area contributed by atoms with Crippen molar-refractivity contribution in [1.29, 1.82) is 0 Å². The Morgan fingerprint density at radius 1 is 1.36 bits per heavy atom. The second-order valence-electron chi connectivity index (χ2n) is 6.42. The molecule has 1 unspecified atom stereocenters. The smallest absolute Gasteiger partial charge is 0.238 e. The van der Waals surface area contributed by atoms with Gasteiger partial charge in [0.2, 0.25) is 15.9 Å². The normalized spacial score (nSPS) is 17.1. The number of rotatable bonds is 5. The predicted molar refractivity (Wildman–Crippen MR) is 93.4 cm³/mol. The monoisotopic (exact) mass is 362 g/mol. The van der Waals surface area contributed by atoms with Crippen LogP contribution in [0.2, 0.25) is 0 Å². The van der Waals surface area contributed by atoms with Crippen LogP contribution in [0, 0.1) is 12.8 Å². The summed E-state index contributed by atoms with van der Waals surface area (Å²) in [6.45, 7) is 2.44. The predicted octanol–water partition coefficient (Wildman–Crippen LogP) is 0.829. The van der Waals surface area contributed by atoms with Crippen LogP contribution >= 0.6 is 0 Å². The zero-order chi connectivity index (χ0) is 18.0. The van der Waals surface area contributed by atoms with E-state index in [-0.39, 0.29) is 16.7 Å². The van der Waals surface area contributed by atoms with Gasteiger partial charge in [0.1, 0.15) is 5.82 Å². The lowest BCUT2D eigenvalue weighted by Crippen LogP contribution is -2.35. The summed E-state index contributed by atoms with van der Waals surface area (Å²) in [6.07, 6.45) is 2.97. The first-order valence-corrected chi connectivity index (χ1v) is 9.81. The SMILES string of the molecule is Cc1nc2c([nH]1)CC(C(=O)NCCc1ccc(S(N)(=O)=O)cc1)CC2. The van der Waals surface area contributed by atoms with Gasteiger partial charge in [-0.15, -0.1) is 0 Å². The van der Waals surface area contributed by atoms with Crippen LogP contribution in [0.4, 0.5) is 0 Å². The minimum absolute atomic E-state index is 0.0305. The van der Waals surface area contributed by atoms with Crippen molar-refractivity contribution in [2.45, 2.75) is 37.5 Å². The quantitative estimate of drug-likeness (QED) is 0.730. The molecular formula is C17H22N4O3S. The number of H-pyrrole nitrogens is 1. The summed E-state index contributed by atoms with van der Waals surface area (Å²) in [7, 11) is -3.67. The number of imidazole rings is 1. The van der Waals surface area contributed by atoms with Gasteiger partial charge in [0.15, 0.2) is 0 Å². The average Bonchev–Trinajstić information content (AvgIpc) is 2.93. The van der Waals surface area contributed by atoms with E-state index in [4.69, 9.17) is 5.14 Å². The zero-order valence-electron chi connectivity index (χ0n) is 14.1. The first-order chi connectivity index (χ1) is 11.8. The molecule has 7 nitrogen and oxygen atoms in total. The number of carbonyl (C=O) groups excluding carboxylic acids is 1. The number of sulfonamides is 1. The molecule has 0 radical (unpaired) electrons. The molecule has 3 rings (SSSR count). The van der Waals surface area contributed by atoms with Crippen molar-refractivity contribution < 1.29 is 13.2 Å². The summed E-state index contributed by atoms with van der Waals surface area (Å²) in [5.74, 6) is 0.921. The lowest BCUT2D eigenvalue weighted by molar-refractivity contribution is -0.125. The van der Waals surface area contributed by atoms with Crippen LogP contribution in [0.15, 0.2) is 29.2 Å². The van der Waals surface area contributed by atoms with E-state index in [1.807, 2.05) is 6.92 Å². The molecule has 0 bridgehead atoms. The van der Waals surface area contributed by atoms with Crippen LogP contribution in [0.25, 0.3) is 0 Å². The maximum atomic E-state index is 12.3. The minimum atomic E-state index is -3.67. The first kappa shape index (κ1) is 17.6. The highest BCUT2D eigenvalue weighted by Gasteiger charge is 2.26. The van der Waals surface area contributed by atoms with Crippen LogP contribution in [-0.4, -0.2) is 30.8 Å². The number of aryl methyl sites for hydroxylation is 2. The van der Waals surface area contributed by atoms with Crippen LogP contribution in [0.1, 0.15) is 29.2 Å². The lowest BCUT2D eigenvalue weighted by atomic mass is 9.89. The standard InChI is InChI=1S/C17H22N4O3S/c1-11-20-15-7-4-13(10-16(15)21-11)17(22)19-9-8-12-2-5-14(6-3-12)25(18,23)24/h2-3,5-6,13H,4,7-10H2,1H3,(H,19,22)(H,20,21)(H2,18,23,24). The number of primary sulfonamides is 1. The second-order valence-corrected chi connectivity index (χ2v) is 7.98. The third-order valence-electron chi connectivity index (χ3n) is 4.50. The van der Waals surface area contributed by atoms with Gasteiger partial charge in [0, 0.05) is 24.6 Å². The first-order valence-electron chi connectivity index (χ1n) is 8.27. The van der Waals surface area contributed by atoms with Crippen molar-refractivity contribution in [3.05, 3.63) is 47.0 Å². The fourth-order valence-corrected chi connectivity index (χ4v) is 3.68. The van der Waals surface area contributed by atoms with Crippen molar-refractivity contribution >= 4 is 15.9 Å². The average molecular weight is 362 g/mol. The molecule has 25 heavy (non-hydrogen) atoms. The van der Waals surface area contributed by atoms with Crippen LogP contribution in [-0.2, 0) is 34.1 Å². The number of fused-ring (bicyclic) bond motifs is 1. The number of hydrogen-bond donors (Lipinski definition) is 3. The number of aromatic nitrogens is 2. The Bertz CT molecular complexity index is 872. The fourth-order valence-electron chi connectivity index (χ4n) is 3.17. The zero-order valence-corrected chi connectivity index (χ0v) is 14.9. The van der Waals surface area contributed by atoms with E-state index in [0.29, 0.717) is 19.4 Å². The number of aromatic amines is 1. The van der Waals surface area contributed by atoms with Gasteiger partial charge in [-0.05, 0) is 43.9 Å². The van der Waals surface area contributed by atoms with Gasteiger partial charge >= 0.3 is 0 Å². The molecule has 1 aliphatic carbocycles. The largest absolute Gasteiger partial charge is 0.356 e. The molecule has 1 atom stereocenters. The number of nitrogens with one attached hydrogen (secondary N) is 2. The molecule has 0 aliphatic heterocycles. The molecule has 2 aromatic rings. The molecule has 1 aliphatic rings. The molecule has 0 spiro atoms. The maximum absolute atomic E-state index is 12.3. The third kappa shape index (κ3) is 4.26. The van der Waals surface area contributed by atoms with Crippen molar-refractivity contribution in [2.24, 2.45) is 11.1 Å². The van der Waals surface area contributed by atoms with E-state index in [9.17, 15) is 13.2 Å². The fraction of sp³-hybridized carbons (Fsp3) is 0.412. The van der Waals surface area contributed by atoms with Gasteiger partial charge in [-0.3, -0.25) is 4.79 Å². The Balaban J connectivity index is 1.50. The highest BCUT2D eigenvalue weighted by Crippen LogP contribution is 2.23. The number of amides is 1. The second kappa shape index (κ2) is 6.97. The number of nitrogens with two attached hydrogens (primary N) is 1. The highest BCUT2D eigenvalue weighted by atomic mass is 32.2. The summed E-state index contributed by atoms with van der Waals surface area (Å²) in [5.41, 5.74) is 3.10. The van der Waals surface area contributed by atoms with E-state index in [0.717, 1.165) is 35.6 Å². The molecule has 1 heterocycles. The molecule has 0 fully saturated rings. The van der Waals surface area contributed by atoms with Gasteiger partial charge in [-0.2, -0.15) is 0 Å². The van der Waals surface area contributed by atoms with Crippen molar-refractivity contribution in [1.82, 2.24) is 15.3 Å². The number of carbonyl (C=O) groups is 1. The highest BCUT2D eigenvalue weighted by molar-refractivity contribution is 7.89. The molecule has 8 heteroatoms. The summed E-state index contributed by atoms with van der Waals surface area (Å²) >= 11 is 0. The minimum Gasteiger partial charge on any atom is -0.356 e. The van der Waals surface area contributed by atoms with Gasteiger partial charge in [0.05, 0.1) is 10.6 Å². The molecule has 1 aromatic heterocycles. The Morgan fingerprint density at radius 2 is 2.08 bits per heavy atom. The van der Waals surface area contributed by atoms with E-state index >= 15 is 0 Å². The summed E-state index contributed by atoms with van der Waals surface area (Å²) < 4.78 is 22.5. The summed E-state index contributed by atoms with van der Waals surface area (Å²) in [4.78, 5) is 20.1. The van der Waals surface area contributed by atoms with E-state index in [1.165, 1.54) is 12.1 Å². The molecule has 1 amide bonds. The Morgan fingerprint density at radius 3 is 2.76 bits per heavy atom. The molecule has 1 aromatic carbocycles. The third-order valence-corrected chi connectivity index (χ3v) is 5.43. The van der Waals surface area contributed by atoms with Crippen LogP contribution in [0.3, 0.4) is 0 Å². The topological polar surface area (TPSA) is 118 Å². The number of nitrogens with zero attached hydrogens (tertiary/aromatic N) is 1. The number of benzene rings is 1. The molecule has 4 N–H and O–H groups in total. The Labute approximate surface area is 147 Å². The summed E-state index contributed by atoms with van der Waals surface area (Å²) in [6, 6.07) is 6.39. The lowest BCUT2D eigenvalue weighted by Gasteiger charge is -2.20. The Kier molecular flexibility index (Phi) is 4.91. The van der Waals surface area contributed by atoms with Crippen LogP contribution < -0.4 is 10.5 Å². The van der Waals surface area contributed by atoms with Gasteiger partial charge in [-0.25, -0.2) is 18.5 Å². The van der Waals surface area contributed by atoms with E-state index < -0.39 is 10.0 Å². The van der Waals surface area contributed by atoms with Crippen molar-refractivity contribution in [3.8, 4) is 0 Å². The Hall–Kier alpha value is -2.19. The van der Waals surface area contributed by atoms with E-state index in [2.05, 4.69) is 15.3 Å². The molecule has 0 saturated carbocycles. The van der Waals surface area contributed by atoms with Crippen molar-refractivity contribution in [2.75, 3.05) is 6.54 Å². The summed E-state index contributed by atoms with van der Waals surface area (Å²) in [5, 5.41) is 8.04. The number of hydrogen-bond acceptors (Lipinski definition) is 4. The van der Waals surface area contributed by atoms with Gasteiger partial charge < -0.3 is 10.3 Å². The maximum Gasteiger partial charge on any atom is 0.238 e. The molecule has 0 saturated heterocycles. The van der Waals surface area contributed by atoms with Crippen molar-refractivity contribution in [3.63, 3.8) is 0 Å². The molecular weight excluding hydrogens is 340 g/mol. The van der Waals surface area contributed by atoms with E-state index in [1.54, 1.807) is 12.1 Å². The van der Waals surface area contributed by atoms with Crippen LogP contribution in [0.5, 0.6) is 0 Å². The molecule has 134 valence electrons.